The number of rotatable bonds is 10. The Labute approximate surface area is 230 Å². The Bertz CT molecular complexity index is 1660. The van der Waals surface area contributed by atoms with Crippen LogP contribution >= 0.6 is 0 Å². The van der Waals surface area contributed by atoms with Crippen LogP contribution in [-0.4, -0.2) is 39.2 Å². The van der Waals surface area contributed by atoms with Gasteiger partial charge in [-0.2, -0.15) is 0 Å². The number of nitrogens with one attached hydrogen (secondary N) is 1. The van der Waals surface area contributed by atoms with Crippen molar-refractivity contribution in [3.05, 3.63) is 105 Å². The smallest absolute Gasteiger partial charge is 0.331 e. The van der Waals surface area contributed by atoms with E-state index in [4.69, 9.17) is 9.47 Å². The number of ether oxygens (including phenoxy) is 2. The lowest BCUT2D eigenvalue weighted by molar-refractivity contribution is -0.132. The summed E-state index contributed by atoms with van der Waals surface area (Å²) in [6, 6.07) is 21.7. The highest BCUT2D eigenvalue weighted by Crippen LogP contribution is 2.32. The summed E-state index contributed by atoms with van der Waals surface area (Å²) in [4.78, 5) is 54.3. The molecule has 0 bridgehead atoms. The molecule has 0 radical (unpaired) electrons. The number of hydrogen-bond donors (Lipinski definition) is 1. The highest BCUT2D eigenvalue weighted by atomic mass is 16.7. The minimum Gasteiger partial charge on any atom is -0.454 e. The predicted octanol–water partition coefficient (Wildman–Crippen LogP) is 2.65. The lowest BCUT2D eigenvalue weighted by Crippen LogP contribution is -2.44. The van der Waals surface area contributed by atoms with E-state index < -0.39 is 11.2 Å². The first-order valence-electron chi connectivity index (χ1n) is 13.1. The summed E-state index contributed by atoms with van der Waals surface area (Å²) in [5, 5.41) is 3.12. The van der Waals surface area contributed by atoms with Gasteiger partial charge in [0.05, 0.1) is 10.9 Å². The zero-order valence-corrected chi connectivity index (χ0v) is 22.2. The van der Waals surface area contributed by atoms with Crippen molar-refractivity contribution >= 4 is 22.7 Å². The molecule has 2 heterocycles. The van der Waals surface area contributed by atoms with Crippen LogP contribution in [0.4, 0.5) is 0 Å². The van der Waals surface area contributed by atoms with E-state index in [1.54, 1.807) is 41.3 Å². The fraction of sp³-hybridized carbons (Fsp3) is 0.267. The van der Waals surface area contributed by atoms with Crippen LogP contribution in [0.3, 0.4) is 0 Å². The van der Waals surface area contributed by atoms with Crippen molar-refractivity contribution in [3.8, 4) is 11.5 Å². The van der Waals surface area contributed by atoms with Gasteiger partial charge in [0.15, 0.2) is 11.5 Å². The fourth-order valence-electron chi connectivity index (χ4n) is 4.69. The summed E-state index contributed by atoms with van der Waals surface area (Å²) in [5.74, 6) is 0.711. The van der Waals surface area contributed by atoms with Crippen molar-refractivity contribution < 1.29 is 19.1 Å². The second-order valence-corrected chi connectivity index (χ2v) is 9.45. The maximum atomic E-state index is 13.5. The van der Waals surface area contributed by atoms with Crippen LogP contribution in [-0.2, 0) is 35.8 Å². The molecule has 2 amide bonds. The predicted molar refractivity (Wildman–Crippen MR) is 149 cm³/mol. The van der Waals surface area contributed by atoms with Crippen molar-refractivity contribution in [2.75, 3.05) is 13.3 Å². The Hall–Kier alpha value is -4.86. The van der Waals surface area contributed by atoms with Crippen LogP contribution in [0.5, 0.6) is 11.5 Å². The van der Waals surface area contributed by atoms with Gasteiger partial charge in [0.25, 0.3) is 5.56 Å². The maximum absolute atomic E-state index is 13.5. The lowest BCUT2D eigenvalue weighted by atomic mass is 10.2. The van der Waals surface area contributed by atoms with E-state index >= 15 is 0 Å². The third-order valence-electron chi connectivity index (χ3n) is 6.87. The fourth-order valence-corrected chi connectivity index (χ4v) is 4.69. The number of carbonyl (C=O) groups excluding carboxylic acids is 2. The Morgan fingerprint density at radius 3 is 2.45 bits per heavy atom. The first kappa shape index (κ1) is 26.7. The summed E-state index contributed by atoms with van der Waals surface area (Å²) >= 11 is 0. The van der Waals surface area contributed by atoms with E-state index in [0.29, 0.717) is 35.5 Å². The number of para-hydroxylation sites is 1. The van der Waals surface area contributed by atoms with Gasteiger partial charge >= 0.3 is 5.69 Å². The number of aromatic nitrogens is 2. The zero-order valence-electron chi connectivity index (χ0n) is 22.2. The molecule has 1 aromatic heterocycles. The van der Waals surface area contributed by atoms with Crippen molar-refractivity contribution in [2.24, 2.45) is 0 Å². The molecule has 0 unspecified atom stereocenters. The quantitative estimate of drug-likeness (QED) is 0.330. The number of benzene rings is 3. The van der Waals surface area contributed by atoms with Crippen LogP contribution in [0, 0.1) is 0 Å². The first-order valence-corrected chi connectivity index (χ1v) is 13.1. The highest BCUT2D eigenvalue weighted by Gasteiger charge is 2.19. The molecule has 0 aliphatic carbocycles. The van der Waals surface area contributed by atoms with Gasteiger partial charge in [-0.05, 0) is 42.3 Å². The molecule has 10 heteroatoms. The Kier molecular flexibility index (Phi) is 7.95. The number of likely N-dealkylation sites (N-methyl/N-ethyl adjacent to an activating group) is 1. The second-order valence-electron chi connectivity index (χ2n) is 9.45. The second kappa shape index (κ2) is 11.9. The van der Waals surface area contributed by atoms with Gasteiger partial charge < -0.3 is 19.7 Å². The molecule has 0 atom stereocenters. The molecule has 3 aromatic carbocycles. The summed E-state index contributed by atoms with van der Waals surface area (Å²) in [6.07, 6.45) is -0.0823. The van der Waals surface area contributed by atoms with Gasteiger partial charge in [-0.3, -0.25) is 23.5 Å². The number of hydrogen-bond acceptors (Lipinski definition) is 6. The summed E-state index contributed by atoms with van der Waals surface area (Å²) < 4.78 is 13.0. The number of carbonyl (C=O) groups is 2. The van der Waals surface area contributed by atoms with Crippen molar-refractivity contribution in [1.29, 1.82) is 0 Å². The molecule has 0 spiro atoms. The Morgan fingerprint density at radius 1 is 0.900 bits per heavy atom. The third kappa shape index (κ3) is 5.75. The molecular formula is C30H30N4O6. The monoisotopic (exact) mass is 542 g/mol. The average molecular weight is 543 g/mol. The summed E-state index contributed by atoms with van der Waals surface area (Å²) in [5.41, 5.74) is 1.06. The van der Waals surface area contributed by atoms with E-state index in [1.807, 2.05) is 43.3 Å². The average Bonchev–Trinajstić information content (AvgIpc) is 3.45. The number of fused-ring (bicyclic) bond motifs is 2. The molecule has 0 saturated carbocycles. The highest BCUT2D eigenvalue weighted by molar-refractivity contribution is 5.82. The van der Waals surface area contributed by atoms with E-state index in [1.165, 1.54) is 4.57 Å². The summed E-state index contributed by atoms with van der Waals surface area (Å²) in [6.45, 7) is 2.83. The van der Waals surface area contributed by atoms with Crippen molar-refractivity contribution in [2.45, 2.75) is 39.5 Å². The molecular weight excluding hydrogens is 512 g/mol. The van der Waals surface area contributed by atoms with Crippen LogP contribution in [0.15, 0.2) is 82.4 Å². The normalized spacial score (nSPS) is 11.9. The van der Waals surface area contributed by atoms with Gasteiger partial charge in [0, 0.05) is 32.6 Å². The van der Waals surface area contributed by atoms with Gasteiger partial charge in [-0.1, -0.05) is 48.5 Å². The first-order chi connectivity index (χ1) is 19.4. The molecule has 1 aliphatic rings. The molecule has 206 valence electrons. The Balaban J connectivity index is 1.32. The standard InChI is InChI=1S/C30H30N4O6/c1-2-32(18-21-8-4-3-5-9-21)28(36)19-34-24-11-7-6-10-23(24)29(37)33(30(34)38)15-14-27(35)31-17-22-12-13-25-26(16-22)40-20-39-25/h3-13,16H,2,14-15,17-20H2,1H3,(H,31,35). The van der Waals surface area contributed by atoms with E-state index in [9.17, 15) is 19.2 Å². The van der Waals surface area contributed by atoms with Crippen LogP contribution in [0.2, 0.25) is 0 Å². The Morgan fingerprint density at radius 2 is 1.65 bits per heavy atom. The van der Waals surface area contributed by atoms with Crippen LogP contribution in [0.1, 0.15) is 24.5 Å². The van der Waals surface area contributed by atoms with Gasteiger partial charge in [0.1, 0.15) is 6.54 Å². The van der Waals surface area contributed by atoms with Crippen molar-refractivity contribution in [1.82, 2.24) is 19.4 Å². The number of amides is 2. The molecule has 1 N–H and O–H groups in total. The van der Waals surface area contributed by atoms with Crippen LogP contribution in [0.25, 0.3) is 10.9 Å². The van der Waals surface area contributed by atoms with E-state index in [-0.39, 0.29) is 44.7 Å². The molecule has 0 saturated heterocycles. The lowest BCUT2D eigenvalue weighted by Gasteiger charge is -2.22. The maximum Gasteiger partial charge on any atom is 0.331 e. The number of nitrogens with zero attached hydrogens (tertiary/aromatic N) is 3. The molecule has 40 heavy (non-hydrogen) atoms. The zero-order chi connectivity index (χ0) is 28.1. The van der Waals surface area contributed by atoms with Gasteiger partial charge in [0.2, 0.25) is 18.6 Å². The molecule has 1 aliphatic heterocycles. The largest absolute Gasteiger partial charge is 0.454 e. The minimum absolute atomic E-state index is 0.0823. The van der Waals surface area contributed by atoms with E-state index in [0.717, 1.165) is 15.7 Å². The molecule has 0 fully saturated rings. The molecule has 10 nitrogen and oxygen atoms in total. The van der Waals surface area contributed by atoms with Gasteiger partial charge in [-0.15, -0.1) is 0 Å². The molecule has 4 aromatic rings. The third-order valence-corrected chi connectivity index (χ3v) is 6.87. The van der Waals surface area contributed by atoms with Crippen LogP contribution < -0.4 is 26.0 Å². The minimum atomic E-state index is -0.628. The van der Waals surface area contributed by atoms with Gasteiger partial charge in [-0.25, -0.2) is 4.79 Å². The summed E-state index contributed by atoms with van der Waals surface area (Å²) in [7, 11) is 0. The SMILES string of the molecule is CCN(Cc1ccccc1)C(=O)Cn1c(=O)n(CCC(=O)NCc2ccc3c(c2)OCO3)c(=O)c2ccccc21. The van der Waals surface area contributed by atoms with Crippen molar-refractivity contribution in [3.63, 3.8) is 0 Å². The molecule has 5 rings (SSSR count). The topological polar surface area (TPSA) is 112 Å². The van der Waals surface area contributed by atoms with E-state index in [2.05, 4.69) is 5.32 Å².